The van der Waals surface area contributed by atoms with Crippen molar-refractivity contribution in [1.82, 2.24) is 9.97 Å². The summed E-state index contributed by atoms with van der Waals surface area (Å²) in [4.78, 5) is 17.8. The van der Waals surface area contributed by atoms with Gasteiger partial charge in [0.05, 0.1) is 0 Å². The van der Waals surface area contributed by atoms with Gasteiger partial charge in [0, 0.05) is 0 Å². The van der Waals surface area contributed by atoms with E-state index in [2.05, 4.69) is 142 Å². The van der Waals surface area contributed by atoms with Gasteiger partial charge in [-0.25, -0.2) is 0 Å². The maximum absolute atomic E-state index is 5.72. The van der Waals surface area contributed by atoms with E-state index in [0.717, 1.165) is 39.9 Å². The summed E-state index contributed by atoms with van der Waals surface area (Å²) in [5.41, 5.74) is 6.78. The molecule has 15 rings (SSSR count). The van der Waals surface area contributed by atoms with Crippen LogP contribution >= 0.6 is 18.5 Å². The molecule has 0 amide bonds. The van der Waals surface area contributed by atoms with E-state index in [4.69, 9.17) is 9.97 Å². The van der Waals surface area contributed by atoms with Crippen molar-refractivity contribution in [2.75, 3.05) is 6.16 Å². The Balaban J connectivity index is 1.17. The Morgan fingerprint density at radius 2 is 1.13 bits per heavy atom. The third-order valence-corrected chi connectivity index (χ3v) is 69.8. The van der Waals surface area contributed by atoms with E-state index in [1.165, 1.54) is 28.3 Å². The molecule has 12 heterocycles. The monoisotopic (exact) mass is 664 g/mol. The molecule has 2 aromatic heterocycles. The van der Waals surface area contributed by atoms with Crippen LogP contribution in [0.15, 0.2) is 103 Å². The normalized spacial score (nSPS) is 58.2. The molecule has 5 heteroatoms. The summed E-state index contributed by atoms with van der Waals surface area (Å²) < 4.78 is 1.67. The van der Waals surface area contributed by atoms with Crippen LogP contribution in [0.1, 0.15) is 37.7 Å². The Morgan fingerprint density at radius 1 is 0.644 bits per heavy atom. The molecule has 0 saturated carbocycles. The molecule has 7 unspecified atom stereocenters. The molecule has 3 aromatic carbocycles. The average Bonchev–Trinajstić information content (AvgIpc) is 4.02. The molecule has 10 saturated heterocycles. The maximum atomic E-state index is 5.72. The fourth-order valence-corrected chi connectivity index (χ4v) is 118. The molecular weight excluding hydrogens is 626 g/mol. The zero-order valence-corrected chi connectivity index (χ0v) is 29.3. The molecule has 7 atom stereocenters. The first kappa shape index (κ1) is 23.2. The minimum atomic E-state index is -4.63. The molecule has 226 valence electrons. The summed E-state index contributed by atoms with van der Waals surface area (Å²) in [7, 11) is 7.15. The van der Waals surface area contributed by atoms with Gasteiger partial charge in [-0.15, -0.1) is 0 Å². The van der Waals surface area contributed by atoms with Gasteiger partial charge in [-0.1, -0.05) is 0 Å². The van der Waals surface area contributed by atoms with Crippen LogP contribution in [0.25, 0.3) is 21.8 Å². The van der Waals surface area contributed by atoms with Crippen LogP contribution in [0.2, 0.25) is 41.8 Å². The molecule has 5 aromatic rings. The zero-order chi connectivity index (χ0) is 30.0. The van der Waals surface area contributed by atoms with Gasteiger partial charge in [0.1, 0.15) is 0 Å². The van der Waals surface area contributed by atoms with Gasteiger partial charge in [0.25, 0.3) is 0 Å². The average molecular weight is 665 g/mol. The fraction of sp³-hybridized carbons (Fsp3) is 0.400. The first-order valence-electron chi connectivity index (χ1n) is 17.0. The molecule has 0 N–H and O–H groups in total. The van der Waals surface area contributed by atoms with Crippen LogP contribution in [0.4, 0.5) is 0 Å². The topological polar surface area (TPSA) is 25.8 Å². The Labute approximate surface area is 259 Å². The predicted octanol–water partition coefficient (Wildman–Crippen LogP) is 10.4. The van der Waals surface area contributed by atoms with Crippen molar-refractivity contribution < 1.29 is 6.51 Å². The molecule has 0 bridgehead atoms. The molecule has 2 nitrogen and oxygen atoms in total. The first-order chi connectivity index (χ1) is 21.5. The molecule has 10 aliphatic heterocycles. The van der Waals surface area contributed by atoms with Crippen molar-refractivity contribution in [2.45, 2.75) is 72.1 Å². The van der Waals surface area contributed by atoms with Gasteiger partial charge in [-0.05, 0) is 0 Å². The number of aromatic nitrogens is 2. The molecule has 1 spiro atoms. The molecular formula is C40H38FeN2P2. The Kier molecular flexibility index (Phi) is 1.90. The summed E-state index contributed by atoms with van der Waals surface area (Å²) in [5, 5.41) is 2.15. The van der Waals surface area contributed by atoms with E-state index in [9.17, 15) is 0 Å². The van der Waals surface area contributed by atoms with Crippen molar-refractivity contribution >= 4 is 40.3 Å². The molecule has 0 aliphatic carbocycles. The van der Waals surface area contributed by atoms with Crippen LogP contribution in [0, 0.1) is 5.41 Å². The van der Waals surface area contributed by atoms with Gasteiger partial charge in [-0.2, -0.15) is 0 Å². The number of benzene rings is 3. The van der Waals surface area contributed by atoms with Crippen LogP contribution in [-0.2, 0) is 16.0 Å². The number of pyridine rings is 2. The number of fused-ring (bicyclic) bond motifs is 12. The number of hydrogen-bond acceptors (Lipinski definition) is 2. The summed E-state index contributed by atoms with van der Waals surface area (Å²) in [6.07, 6.45) is 1.30. The number of rotatable bonds is 5. The van der Waals surface area contributed by atoms with Gasteiger partial charge in [-0.3, -0.25) is 0 Å². The Morgan fingerprint density at radius 3 is 1.60 bits per heavy atom. The quantitative estimate of drug-likeness (QED) is 0.138. The van der Waals surface area contributed by atoms with Gasteiger partial charge < -0.3 is 0 Å². The number of nitrogens with zero attached hydrogens (tertiary/aromatic N) is 2. The molecule has 45 heavy (non-hydrogen) atoms. The van der Waals surface area contributed by atoms with E-state index in [0.29, 0.717) is 12.9 Å². The zero-order valence-electron chi connectivity index (χ0n) is 25.9. The van der Waals surface area contributed by atoms with E-state index in [1.807, 2.05) is 0 Å². The third-order valence-electron chi connectivity index (χ3n) is 22.5. The second-order valence-corrected chi connectivity index (χ2v) is 43.4. The number of hydrogen-bond donors (Lipinski definition) is 0. The number of para-hydroxylation sites is 2. The van der Waals surface area contributed by atoms with Crippen LogP contribution < -0.4 is 0 Å². The van der Waals surface area contributed by atoms with E-state index in [-0.39, 0.29) is 14.9 Å². The van der Waals surface area contributed by atoms with Crippen LogP contribution in [-0.4, -0.2) is 16.1 Å². The summed E-state index contributed by atoms with van der Waals surface area (Å²) in [5.74, 6) is 0. The second kappa shape index (κ2) is 3.68. The SMILES string of the molecule is CC(C)(C)[C]12[C]3(c4ccccc4)[CH]4[C]5(CP)[C]1(C(P)(c1ccc6ccccc6n1)c1ccc6ccccc6n1)[Fe]45321678[CH]2[CH]1[CH]6[CH]7[CH]28. The third kappa shape index (κ3) is 0.576. The summed E-state index contributed by atoms with van der Waals surface area (Å²) >= 11 is 0. The Hall–Kier alpha value is -2.14. The summed E-state index contributed by atoms with van der Waals surface area (Å²) in [6.45, 7) is 3.46. The van der Waals surface area contributed by atoms with Crippen molar-refractivity contribution in [3.63, 3.8) is 0 Å². The summed E-state index contributed by atoms with van der Waals surface area (Å²) in [6, 6.07) is 39.3. The minimum absolute atomic E-state index is 0.227. The fourth-order valence-electron chi connectivity index (χ4n) is 26.4. The molecule has 10 aliphatic rings. The predicted molar refractivity (Wildman–Crippen MR) is 187 cm³/mol. The van der Waals surface area contributed by atoms with Crippen molar-refractivity contribution in [1.29, 1.82) is 0 Å². The molecule has 0 radical (unpaired) electrons. The van der Waals surface area contributed by atoms with Crippen molar-refractivity contribution in [3.05, 3.63) is 120 Å². The standard InChI is InChI=1S/C35H33N2P2.C5H5.Fe/c1-34(2,3)33-27(23-11-5-4-6-12-23)21-26(22-38)32(33)35(39,30-19-17-24-13-7-9-15-28(24)36-30)31-20-18-25-14-8-10-16-29(25)37-31;1-2-4-5-3-1;/h4-21H,22,38-39H2,1-3H3;1-5H;. The second-order valence-electron chi connectivity index (χ2n) is 19.5. The molecule has 10 fully saturated rings. The van der Waals surface area contributed by atoms with Crippen molar-refractivity contribution in [3.8, 4) is 0 Å². The van der Waals surface area contributed by atoms with Crippen LogP contribution in [0.3, 0.4) is 0 Å². The van der Waals surface area contributed by atoms with E-state index in [1.54, 1.807) is 5.56 Å². The first-order valence-corrected chi connectivity index (χ1v) is 24.4. The van der Waals surface area contributed by atoms with Gasteiger partial charge in [0.15, 0.2) is 0 Å². The van der Waals surface area contributed by atoms with Crippen LogP contribution in [0.5, 0.6) is 0 Å². The van der Waals surface area contributed by atoms with E-state index >= 15 is 0 Å². The van der Waals surface area contributed by atoms with Gasteiger partial charge in [0.2, 0.25) is 0 Å². The van der Waals surface area contributed by atoms with Crippen molar-refractivity contribution in [2.24, 2.45) is 5.41 Å². The van der Waals surface area contributed by atoms with Gasteiger partial charge >= 0.3 is 260 Å². The Bertz CT molecular complexity index is 2690. The van der Waals surface area contributed by atoms with E-state index < -0.39 is 6.51 Å².